The minimum absolute atomic E-state index is 0.0536. The van der Waals surface area contributed by atoms with Crippen molar-refractivity contribution in [3.63, 3.8) is 0 Å². The van der Waals surface area contributed by atoms with Crippen LogP contribution in [0.1, 0.15) is 74.0 Å². The van der Waals surface area contributed by atoms with E-state index in [4.69, 9.17) is 0 Å². The van der Waals surface area contributed by atoms with Gasteiger partial charge in [0.2, 0.25) is 0 Å². The van der Waals surface area contributed by atoms with Crippen molar-refractivity contribution in [1.82, 2.24) is 4.90 Å². The highest BCUT2D eigenvalue weighted by atomic mass is 32.1. The molecule has 0 saturated heterocycles. The summed E-state index contributed by atoms with van der Waals surface area (Å²) in [6, 6.07) is 20.4. The van der Waals surface area contributed by atoms with Crippen LogP contribution >= 0.6 is 11.3 Å². The van der Waals surface area contributed by atoms with E-state index in [9.17, 15) is 25.2 Å². The largest absolute Gasteiger partial charge is 0.394 e. The number of hydrogen-bond donors (Lipinski definition) is 4. The van der Waals surface area contributed by atoms with Crippen LogP contribution in [0.4, 0.5) is 0 Å². The summed E-state index contributed by atoms with van der Waals surface area (Å²) >= 11 is 1.57. The Balaban J connectivity index is 1.21. The minimum atomic E-state index is -1.05. The summed E-state index contributed by atoms with van der Waals surface area (Å²) in [5.41, 5.74) is -0.515. The quantitative estimate of drug-likeness (QED) is 0.153. The molecule has 9 rings (SSSR count). The van der Waals surface area contributed by atoms with Crippen molar-refractivity contribution in [3.8, 4) is 0 Å². The number of carbonyl (C=O) groups excluding carboxylic acids is 1. The molecular formula is C41H49NO5S. The number of fused-ring (bicyclic) bond motifs is 2. The number of aliphatic hydroxyl groups is 4. The van der Waals surface area contributed by atoms with Crippen LogP contribution in [0.2, 0.25) is 0 Å². The lowest BCUT2D eigenvalue weighted by atomic mass is 9.32. The summed E-state index contributed by atoms with van der Waals surface area (Å²) < 4.78 is 1.11. The van der Waals surface area contributed by atoms with E-state index in [-0.39, 0.29) is 47.7 Å². The molecule has 1 aromatic heterocycles. The van der Waals surface area contributed by atoms with E-state index in [1.54, 1.807) is 11.3 Å². The SMILES string of the molecule is C[C@]12CC[C@H]3[C@]4(C=C[C@@]5(C=C4C(=O)c4cc6ccccc6s4)CC(O)CC[C@]35C)[C@@H]1CC[C@@]2(O)CN(Cc1ccccc1)C[C@H](O)CO. The van der Waals surface area contributed by atoms with Crippen LogP contribution in [-0.2, 0) is 6.54 Å². The molecule has 48 heavy (non-hydrogen) atoms. The molecular weight excluding hydrogens is 619 g/mol. The van der Waals surface area contributed by atoms with Crippen molar-refractivity contribution < 1.29 is 25.2 Å². The van der Waals surface area contributed by atoms with Crippen LogP contribution in [0, 0.1) is 33.5 Å². The van der Waals surface area contributed by atoms with Gasteiger partial charge in [0.25, 0.3) is 0 Å². The van der Waals surface area contributed by atoms with Gasteiger partial charge in [-0.3, -0.25) is 9.69 Å². The molecule has 4 N–H and O–H groups in total. The topological polar surface area (TPSA) is 101 Å². The number of thiophene rings is 1. The summed E-state index contributed by atoms with van der Waals surface area (Å²) in [4.78, 5) is 17.9. The number of ketones is 1. The molecule has 2 bridgehead atoms. The molecule has 7 heteroatoms. The van der Waals surface area contributed by atoms with Gasteiger partial charge in [-0.1, -0.05) is 80.6 Å². The zero-order chi connectivity index (χ0) is 33.5. The fourth-order valence-corrected chi connectivity index (χ4v) is 12.6. The van der Waals surface area contributed by atoms with Gasteiger partial charge >= 0.3 is 0 Å². The van der Waals surface area contributed by atoms with Crippen LogP contribution in [0.15, 0.2) is 84.5 Å². The maximum Gasteiger partial charge on any atom is 0.199 e. The molecule has 6 nitrogen and oxygen atoms in total. The fourth-order valence-electron chi connectivity index (χ4n) is 11.6. The Kier molecular flexibility index (Phi) is 7.76. The van der Waals surface area contributed by atoms with E-state index >= 15 is 0 Å². The van der Waals surface area contributed by atoms with E-state index < -0.39 is 22.5 Å². The van der Waals surface area contributed by atoms with Gasteiger partial charge < -0.3 is 20.4 Å². The molecule has 6 aliphatic rings. The summed E-state index contributed by atoms with van der Waals surface area (Å²) in [6.45, 7) is 5.56. The van der Waals surface area contributed by atoms with E-state index in [0.29, 0.717) is 25.9 Å². The average Bonchev–Trinajstić information content (AvgIpc) is 3.63. The number of aliphatic hydroxyl groups excluding tert-OH is 3. The Morgan fingerprint density at radius 3 is 2.44 bits per heavy atom. The first kappa shape index (κ1) is 32.5. The second-order valence-electron chi connectivity index (χ2n) is 16.3. The number of allylic oxidation sites excluding steroid dienone is 4. The van der Waals surface area contributed by atoms with Gasteiger partial charge in [0, 0.05) is 46.2 Å². The molecule has 0 radical (unpaired) electrons. The Bertz CT molecular complexity index is 1750. The number of carbonyl (C=O) groups is 1. The van der Waals surface area contributed by atoms with Crippen LogP contribution in [0.5, 0.6) is 0 Å². The van der Waals surface area contributed by atoms with Crippen molar-refractivity contribution in [3.05, 3.63) is 94.9 Å². The first-order valence-corrected chi connectivity index (χ1v) is 18.7. The first-order chi connectivity index (χ1) is 23.0. The van der Waals surface area contributed by atoms with Crippen LogP contribution < -0.4 is 0 Å². The van der Waals surface area contributed by atoms with Gasteiger partial charge in [0.1, 0.15) is 0 Å². The van der Waals surface area contributed by atoms with Crippen molar-refractivity contribution >= 4 is 27.2 Å². The maximum absolute atomic E-state index is 15.0. The number of rotatable bonds is 9. The van der Waals surface area contributed by atoms with Gasteiger partial charge in [-0.05, 0) is 85.3 Å². The molecule has 3 aromatic rings. The van der Waals surface area contributed by atoms with Gasteiger partial charge in [-0.15, -0.1) is 11.3 Å². The molecule has 254 valence electrons. The zero-order valence-corrected chi connectivity index (χ0v) is 29.0. The lowest BCUT2D eigenvalue weighted by molar-refractivity contribution is -0.177. The molecule has 1 heterocycles. The molecule has 2 spiro atoms. The van der Waals surface area contributed by atoms with Gasteiger partial charge in [0.05, 0.1) is 29.3 Å². The molecule has 6 aliphatic carbocycles. The van der Waals surface area contributed by atoms with Crippen molar-refractivity contribution in [2.45, 2.75) is 83.1 Å². The monoisotopic (exact) mass is 667 g/mol. The van der Waals surface area contributed by atoms with Crippen LogP contribution in [-0.4, -0.2) is 68.6 Å². The third-order valence-corrected chi connectivity index (χ3v) is 15.1. The Morgan fingerprint density at radius 1 is 0.958 bits per heavy atom. The highest BCUT2D eigenvalue weighted by Gasteiger charge is 2.74. The molecule has 0 aliphatic heterocycles. The third kappa shape index (κ3) is 4.58. The summed E-state index contributed by atoms with van der Waals surface area (Å²) in [5, 5.41) is 45.4. The highest BCUT2D eigenvalue weighted by Crippen LogP contribution is 2.78. The maximum atomic E-state index is 15.0. The highest BCUT2D eigenvalue weighted by molar-refractivity contribution is 7.21. The predicted molar refractivity (Wildman–Crippen MR) is 190 cm³/mol. The smallest absolute Gasteiger partial charge is 0.199 e. The van der Waals surface area contributed by atoms with E-state index in [2.05, 4.69) is 61.2 Å². The number of nitrogens with zero attached hydrogens (tertiary/aromatic N) is 1. The normalized spacial score (nSPS) is 38.8. The van der Waals surface area contributed by atoms with Gasteiger partial charge in [-0.2, -0.15) is 0 Å². The average molecular weight is 668 g/mol. The Morgan fingerprint density at radius 2 is 1.67 bits per heavy atom. The van der Waals surface area contributed by atoms with Gasteiger partial charge in [-0.25, -0.2) is 0 Å². The zero-order valence-electron chi connectivity index (χ0n) is 28.1. The molecule has 3 fully saturated rings. The molecule has 0 amide bonds. The molecule has 2 aromatic carbocycles. The second kappa shape index (κ2) is 11.4. The summed E-state index contributed by atoms with van der Waals surface area (Å²) in [5.74, 6) is 0.388. The third-order valence-electron chi connectivity index (χ3n) is 14.0. The summed E-state index contributed by atoms with van der Waals surface area (Å²) in [6.07, 6.45) is 11.3. The minimum Gasteiger partial charge on any atom is -0.394 e. The number of Topliss-reactive ketones (excluding diaryl/α,β-unsaturated/α-hetero) is 1. The lowest BCUT2D eigenvalue weighted by Gasteiger charge is -2.71. The Labute approximate surface area is 287 Å². The van der Waals surface area contributed by atoms with Gasteiger partial charge in [0.15, 0.2) is 5.78 Å². The molecule has 3 saturated carbocycles. The standard InChI is InChI=1S/C41H49NO5S/c1-37-15-12-29(44)21-39(37)18-19-41(31(22-39)36(46)33-20-28-10-6-7-11-32(28)48-33)34(37)13-16-38(2)35(41)14-17-40(38,47)26-42(24-30(45)25-43)23-27-8-4-3-5-9-27/h3-11,18-20,22,29-30,34-35,43-45,47H,12-17,21,23-26H2,1-2H3/t29?,30-,34+,35+,37+,38-,39-,40+,41+/m0/s1. The lowest BCUT2D eigenvalue weighted by Crippen LogP contribution is -2.67. The van der Waals surface area contributed by atoms with E-state index in [0.717, 1.165) is 58.2 Å². The van der Waals surface area contributed by atoms with Crippen molar-refractivity contribution in [2.24, 2.45) is 33.5 Å². The first-order valence-electron chi connectivity index (χ1n) is 17.9. The van der Waals surface area contributed by atoms with Crippen molar-refractivity contribution in [2.75, 3.05) is 19.7 Å². The van der Waals surface area contributed by atoms with Crippen molar-refractivity contribution in [1.29, 1.82) is 0 Å². The summed E-state index contributed by atoms with van der Waals surface area (Å²) in [7, 11) is 0. The second-order valence-corrected chi connectivity index (χ2v) is 17.4. The predicted octanol–water partition coefficient (Wildman–Crippen LogP) is 6.53. The number of benzene rings is 2. The number of hydrogen-bond acceptors (Lipinski definition) is 7. The van der Waals surface area contributed by atoms with E-state index in [1.807, 2.05) is 36.4 Å². The van der Waals surface area contributed by atoms with Crippen LogP contribution in [0.3, 0.4) is 0 Å². The Hall–Kier alpha value is -2.65. The fraction of sp³-hybridized carbons (Fsp3) is 0.537. The van der Waals surface area contributed by atoms with E-state index in [1.165, 1.54) is 0 Å². The van der Waals surface area contributed by atoms with Crippen LogP contribution in [0.25, 0.3) is 10.1 Å². The molecule has 1 unspecified atom stereocenters. The molecule has 9 atom stereocenters.